The Hall–Kier alpha value is -3.14. The van der Waals surface area contributed by atoms with E-state index in [0.717, 1.165) is 30.3 Å². The summed E-state index contributed by atoms with van der Waals surface area (Å²) in [5, 5.41) is 0. The number of halogens is 1. The lowest BCUT2D eigenvalue weighted by Crippen LogP contribution is -2.25. The van der Waals surface area contributed by atoms with Crippen LogP contribution in [0.5, 0.6) is 0 Å². The van der Waals surface area contributed by atoms with E-state index >= 15 is 0 Å². The van der Waals surface area contributed by atoms with Crippen LogP contribution < -0.4 is 4.90 Å². The third-order valence-corrected chi connectivity index (χ3v) is 6.86. The minimum Gasteiger partial charge on any atom is -0.358 e. The quantitative estimate of drug-likeness (QED) is 0.344. The van der Waals surface area contributed by atoms with Gasteiger partial charge in [0.25, 0.3) is 0 Å². The van der Waals surface area contributed by atoms with Gasteiger partial charge in [0, 0.05) is 24.5 Å². The third-order valence-electron chi connectivity index (χ3n) is 6.86. The molecule has 0 amide bonds. The molecule has 1 aliphatic heterocycles. The summed E-state index contributed by atoms with van der Waals surface area (Å²) in [6.45, 7) is 17.5. The average molecular weight is 472 g/mol. The lowest BCUT2D eigenvalue weighted by molar-refractivity contribution is 0.429. The van der Waals surface area contributed by atoms with Gasteiger partial charge < -0.3 is 9.80 Å². The first kappa shape index (κ1) is 25.0. The number of rotatable bonds is 7. The molecule has 0 bridgehead atoms. The maximum atomic E-state index is 13.7. The van der Waals surface area contributed by atoms with Gasteiger partial charge >= 0.3 is 0 Å². The highest BCUT2D eigenvalue weighted by atomic mass is 19.1. The van der Waals surface area contributed by atoms with Crippen molar-refractivity contribution in [3.05, 3.63) is 83.4 Å². The first-order chi connectivity index (χ1) is 16.7. The molecule has 0 spiro atoms. The van der Waals surface area contributed by atoms with Gasteiger partial charge in [-0.25, -0.2) is 9.37 Å². The van der Waals surface area contributed by atoms with Crippen LogP contribution in [0.1, 0.15) is 82.9 Å². The van der Waals surface area contributed by atoms with Crippen molar-refractivity contribution >= 4 is 5.82 Å². The Balaban J connectivity index is 1.97. The van der Waals surface area contributed by atoms with Gasteiger partial charge in [0.15, 0.2) is 0 Å². The van der Waals surface area contributed by atoms with Crippen LogP contribution in [0.25, 0.3) is 22.4 Å². The minimum atomic E-state index is -0.236. The molecule has 3 nitrogen and oxygen atoms in total. The van der Waals surface area contributed by atoms with Gasteiger partial charge in [0.1, 0.15) is 11.6 Å². The summed E-state index contributed by atoms with van der Waals surface area (Å²) in [5.74, 6) is 1.91. The summed E-state index contributed by atoms with van der Waals surface area (Å²) in [7, 11) is 0. The van der Waals surface area contributed by atoms with E-state index in [1.165, 1.54) is 39.9 Å². The number of anilines is 1. The van der Waals surface area contributed by atoms with Crippen molar-refractivity contribution in [1.29, 1.82) is 0 Å². The van der Waals surface area contributed by atoms with Crippen LogP contribution >= 0.6 is 0 Å². The van der Waals surface area contributed by atoms with Crippen LogP contribution in [0.4, 0.5) is 10.2 Å². The zero-order valence-electron chi connectivity index (χ0n) is 22.1. The van der Waals surface area contributed by atoms with Gasteiger partial charge in [-0.05, 0) is 88.9 Å². The maximum absolute atomic E-state index is 13.7. The van der Waals surface area contributed by atoms with Crippen LogP contribution in [0.2, 0.25) is 0 Å². The Morgan fingerprint density at radius 2 is 1.43 bits per heavy atom. The molecule has 0 radical (unpaired) electrons. The molecule has 3 aromatic rings. The van der Waals surface area contributed by atoms with Crippen LogP contribution in [-0.4, -0.2) is 23.1 Å². The fourth-order valence-corrected chi connectivity index (χ4v) is 4.68. The first-order valence-electron chi connectivity index (χ1n) is 12.8. The lowest BCUT2D eigenvalue weighted by Gasteiger charge is -2.25. The smallest absolute Gasteiger partial charge is 0.135 e. The fourth-order valence-electron chi connectivity index (χ4n) is 4.68. The summed E-state index contributed by atoms with van der Waals surface area (Å²) >= 11 is 0. The Morgan fingerprint density at radius 3 is 1.94 bits per heavy atom. The maximum Gasteiger partial charge on any atom is 0.135 e. The van der Waals surface area contributed by atoms with E-state index in [4.69, 9.17) is 4.98 Å². The molecule has 2 aromatic carbocycles. The Labute approximate surface area is 210 Å². The molecule has 0 N–H and O–H groups in total. The summed E-state index contributed by atoms with van der Waals surface area (Å²) in [4.78, 5) is 9.47. The largest absolute Gasteiger partial charge is 0.358 e. The Bertz CT molecular complexity index is 1180. The molecule has 4 rings (SSSR count). The van der Waals surface area contributed by atoms with Crippen molar-refractivity contribution in [3.63, 3.8) is 0 Å². The van der Waals surface area contributed by atoms with Gasteiger partial charge in [-0.3, -0.25) is 0 Å². The first-order valence-corrected chi connectivity index (χ1v) is 12.8. The highest BCUT2D eigenvalue weighted by Gasteiger charge is 2.22. The summed E-state index contributed by atoms with van der Waals surface area (Å²) in [6, 6.07) is 15.8. The van der Waals surface area contributed by atoms with Crippen LogP contribution in [0.3, 0.4) is 0 Å². The van der Waals surface area contributed by atoms with E-state index < -0.39 is 0 Å². The van der Waals surface area contributed by atoms with Gasteiger partial charge in [-0.15, -0.1) is 0 Å². The minimum absolute atomic E-state index is 0.236. The summed E-state index contributed by atoms with van der Waals surface area (Å²) in [5.41, 5.74) is 8.38. The predicted octanol–water partition coefficient (Wildman–Crippen LogP) is 8.50. The van der Waals surface area contributed by atoms with Crippen LogP contribution in [-0.2, 0) is 0 Å². The molecule has 2 heterocycles. The molecule has 184 valence electrons. The van der Waals surface area contributed by atoms with Gasteiger partial charge in [-0.2, -0.15) is 0 Å². The topological polar surface area (TPSA) is 19.4 Å². The predicted molar refractivity (Wildman–Crippen MR) is 146 cm³/mol. The van der Waals surface area contributed by atoms with E-state index in [2.05, 4.69) is 94.9 Å². The Kier molecular flexibility index (Phi) is 7.30. The van der Waals surface area contributed by atoms with Crippen molar-refractivity contribution in [3.8, 4) is 22.4 Å². The molecule has 0 aliphatic carbocycles. The normalized spacial score (nSPS) is 13.7. The molecule has 0 atom stereocenters. The van der Waals surface area contributed by atoms with Crippen molar-refractivity contribution in [1.82, 2.24) is 9.88 Å². The highest BCUT2D eigenvalue weighted by Crippen LogP contribution is 2.41. The number of aromatic nitrogens is 1. The second-order valence-corrected chi connectivity index (χ2v) is 10.5. The van der Waals surface area contributed by atoms with Gasteiger partial charge in [0.2, 0.25) is 0 Å². The highest BCUT2D eigenvalue weighted by molar-refractivity contribution is 5.79. The van der Waals surface area contributed by atoms with Crippen molar-refractivity contribution in [2.45, 2.75) is 66.2 Å². The molecule has 0 saturated heterocycles. The van der Waals surface area contributed by atoms with E-state index in [-0.39, 0.29) is 5.82 Å². The molecule has 35 heavy (non-hydrogen) atoms. The molecular weight excluding hydrogens is 433 g/mol. The zero-order chi connectivity index (χ0) is 25.3. The van der Waals surface area contributed by atoms with Gasteiger partial charge in [-0.1, -0.05) is 53.7 Å². The SMILES string of the molecule is CCN1C=CN(c2cc(-c3c(C(C)C)cc(C(C)C)cc3C(C)C)cc(-c3ccc(F)cc3)n2)C1. The fraction of sp³-hybridized carbons (Fsp3) is 0.387. The van der Waals surface area contributed by atoms with E-state index in [9.17, 15) is 4.39 Å². The monoisotopic (exact) mass is 471 g/mol. The van der Waals surface area contributed by atoms with Crippen LogP contribution in [0.15, 0.2) is 60.9 Å². The number of pyridine rings is 1. The average Bonchev–Trinajstić information content (AvgIpc) is 3.32. The van der Waals surface area contributed by atoms with E-state index in [1.54, 1.807) is 0 Å². The molecular formula is C31H38FN3. The number of benzene rings is 2. The molecule has 1 aromatic heterocycles. The van der Waals surface area contributed by atoms with E-state index in [0.29, 0.717) is 17.8 Å². The molecule has 0 unspecified atom stereocenters. The number of hydrogen-bond donors (Lipinski definition) is 0. The Morgan fingerprint density at radius 1 is 0.800 bits per heavy atom. The standard InChI is InChI=1S/C31H38FN3/c1-8-34-13-14-35(19-34)30-18-25(17-29(33-30)23-9-11-26(32)12-10-23)31-27(21(4)5)15-24(20(2)3)16-28(31)22(6)7/h9-18,20-22H,8,19H2,1-7H3. The molecule has 0 saturated carbocycles. The van der Waals surface area contributed by atoms with Crippen LogP contribution in [0, 0.1) is 5.82 Å². The third kappa shape index (κ3) is 5.27. The van der Waals surface area contributed by atoms with Crippen molar-refractivity contribution < 1.29 is 4.39 Å². The molecule has 1 aliphatic rings. The molecule has 0 fully saturated rings. The van der Waals surface area contributed by atoms with Crippen molar-refractivity contribution in [2.24, 2.45) is 0 Å². The number of hydrogen-bond acceptors (Lipinski definition) is 3. The second kappa shape index (κ2) is 10.2. The summed E-state index contributed by atoms with van der Waals surface area (Å²) in [6.07, 6.45) is 4.21. The zero-order valence-corrected chi connectivity index (χ0v) is 22.1. The van der Waals surface area contributed by atoms with E-state index in [1.807, 2.05) is 12.1 Å². The number of nitrogens with zero attached hydrogens (tertiary/aromatic N) is 3. The summed E-state index contributed by atoms with van der Waals surface area (Å²) < 4.78 is 13.7. The lowest BCUT2D eigenvalue weighted by atomic mass is 9.81. The second-order valence-electron chi connectivity index (χ2n) is 10.5. The van der Waals surface area contributed by atoms with Gasteiger partial charge in [0.05, 0.1) is 12.4 Å². The van der Waals surface area contributed by atoms with Crippen molar-refractivity contribution in [2.75, 3.05) is 18.1 Å². The molecule has 4 heteroatoms.